The van der Waals surface area contributed by atoms with Crippen molar-refractivity contribution in [2.45, 2.75) is 26.7 Å². The highest BCUT2D eigenvalue weighted by Gasteiger charge is 2.15. The molecule has 0 saturated carbocycles. The molecule has 0 atom stereocenters. The summed E-state index contributed by atoms with van der Waals surface area (Å²) in [7, 11) is 0. The van der Waals surface area contributed by atoms with E-state index in [4.69, 9.17) is 16.6 Å². The van der Waals surface area contributed by atoms with Crippen molar-refractivity contribution >= 4 is 17.4 Å². The lowest BCUT2D eigenvalue weighted by molar-refractivity contribution is 0.389. The van der Waals surface area contributed by atoms with E-state index in [1.165, 1.54) is 12.8 Å². The number of hydrogen-bond acceptors (Lipinski definition) is 4. The van der Waals surface area contributed by atoms with Gasteiger partial charge in [0.2, 0.25) is 0 Å². The van der Waals surface area contributed by atoms with E-state index >= 15 is 0 Å². The molecule has 1 aliphatic rings. The van der Waals surface area contributed by atoms with Crippen molar-refractivity contribution in [3.8, 4) is 11.4 Å². The fraction of sp³-hybridized carbons (Fsp3) is 0.444. The molecule has 3 rings (SSSR count). The molecule has 1 aliphatic heterocycles. The maximum absolute atomic E-state index is 6.09. The van der Waals surface area contributed by atoms with Crippen molar-refractivity contribution in [2.24, 2.45) is 5.92 Å². The van der Waals surface area contributed by atoms with Crippen molar-refractivity contribution in [1.82, 2.24) is 15.3 Å². The molecule has 122 valence electrons. The zero-order chi connectivity index (χ0) is 16.2. The summed E-state index contributed by atoms with van der Waals surface area (Å²) in [5.74, 6) is 2.37. The zero-order valence-electron chi connectivity index (χ0n) is 13.7. The molecule has 0 unspecified atom stereocenters. The third-order valence-electron chi connectivity index (χ3n) is 4.49. The lowest BCUT2D eigenvalue weighted by Crippen LogP contribution is -2.31. The predicted molar refractivity (Wildman–Crippen MR) is 96.0 cm³/mol. The molecule has 2 N–H and O–H groups in total. The van der Waals surface area contributed by atoms with Gasteiger partial charge in [-0.05, 0) is 57.8 Å². The first kappa shape index (κ1) is 16.2. The van der Waals surface area contributed by atoms with Crippen LogP contribution < -0.4 is 10.6 Å². The molecule has 4 nitrogen and oxygen atoms in total. The Bertz CT molecular complexity index is 681. The normalized spacial score (nSPS) is 15.6. The number of rotatable bonds is 4. The Morgan fingerprint density at radius 3 is 2.74 bits per heavy atom. The number of anilines is 1. The van der Waals surface area contributed by atoms with E-state index in [0.717, 1.165) is 48.1 Å². The minimum absolute atomic E-state index is 0.702. The number of hydrogen-bond donors (Lipinski definition) is 2. The van der Waals surface area contributed by atoms with Crippen LogP contribution in [-0.4, -0.2) is 29.6 Å². The van der Waals surface area contributed by atoms with E-state index in [-0.39, 0.29) is 0 Å². The Balaban J connectivity index is 1.81. The van der Waals surface area contributed by atoms with Gasteiger partial charge in [-0.1, -0.05) is 23.7 Å². The first-order valence-corrected chi connectivity index (χ1v) is 8.57. The van der Waals surface area contributed by atoms with Crippen LogP contribution in [0.4, 0.5) is 5.82 Å². The maximum atomic E-state index is 6.09. The van der Waals surface area contributed by atoms with Crippen LogP contribution in [0.15, 0.2) is 24.3 Å². The van der Waals surface area contributed by atoms with Crippen LogP contribution in [0.25, 0.3) is 11.4 Å². The molecular formula is C18H23ClN4. The highest BCUT2D eigenvalue weighted by molar-refractivity contribution is 6.30. The third kappa shape index (κ3) is 4.01. The van der Waals surface area contributed by atoms with Gasteiger partial charge in [0.25, 0.3) is 0 Å². The summed E-state index contributed by atoms with van der Waals surface area (Å²) >= 11 is 6.09. The van der Waals surface area contributed by atoms with Crippen LogP contribution in [-0.2, 0) is 0 Å². The smallest absolute Gasteiger partial charge is 0.161 e. The highest BCUT2D eigenvalue weighted by atomic mass is 35.5. The van der Waals surface area contributed by atoms with Gasteiger partial charge in [-0.3, -0.25) is 0 Å². The number of benzene rings is 1. The number of nitrogens with one attached hydrogen (secondary N) is 2. The Kier molecular flexibility index (Phi) is 5.13. The summed E-state index contributed by atoms with van der Waals surface area (Å²) in [5, 5.41) is 7.64. The SMILES string of the molecule is Cc1nc(-c2cccc(Cl)c2)nc(NCC2CCNCC2)c1C. The summed E-state index contributed by atoms with van der Waals surface area (Å²) in [6.07, 6.45) is 2.44. The standard InChI is InChI=1S/C18H23ClN4/c1-12-13(2)22-18(15-4-3-5-16(19)10-15)23-17(12)21-11-14-6-8-20-9-7-14/h3-5,10,14,20H,6-9,11H2,1-2H3,(H,21,22,23). The van der Waals surface area contributed by atoms with Gasteiger partial charge < -0.3 is 10.6 Å². The van der Waals surface area contributed by atoms with Crippen LogP contribution >= 0.6 is 11.6 Å². The molecule has 0 amide bonds. The summed E-state index contributed by atoms with van der Waals surface area (Å²) in [5.41, 5.74) is 3.07. The molecule has 1 aromatic carbocycles. The maximum Gasteiger partial charge on any atom is 0.161 e. The molecule has 0 aliphatic carbocycles. The van der Waals surface area contributed by atoms with E-state index < -0.39 is 0 Å². The average molecular weight is 331 g/mol. The van der Waals surface area contributed by atoms with Crippen molar-refractivity contribution in [1.29, 1.82) is 0 Å². The molecule has 0 radical (unpaired) electrons. The van der Waals surface area contributed by atoms with Crippen molar-refractivity contribution < 1.29 is 0 Å². The Morgan fingerprint density at radius 2 is 2.00 bits per heavy atom. The minimum Gasteiger partial charge on any atom is -0.369 e. The fourth-order valence-corrected chi connectivity index (χ4v) is 3.07. The van der Waals surface area contributed by atoms with Crippen LogP contribution in [0.2, 0.25) is 5.02 Å². The van der Waals surface area contributed by atoms with Gasteiger partial charge in [-0.2, -0.15) is 0 Å². The average Bonchev–Trinajstić information content (AvgIpc) is 2.57. The fourth-order valence-electron chi connectivity index (χ4n) is 2.88. The Morgan fingerprint density at radius 1 is 1.22 bits per heavy atom. The molecule has 1 aromatic heterocycles. The van der Waals surface area contributed by atoms with Crippen LogP contribution in [0.5, 0.6) is 0 Å². The van der Waals surface area contributed by atoms with Gasteiger partial charge in [-0.15, -0.1) is 0 Å². The van der Waals surface area contributed by atoms with E-state index in [0.29, 0.717) is 10.9 Å². The molecule has 5 heteroatoms. The molecule has 0 spiro atoms. The second-order valence-electron chi connectivity index (χ2n) is 6.19. The third-order valence-corrected chi connectivity index (χ3v) is 4.72. The molecule has 2 heterocycles. The van der Waals surface area contributed by atoms with Gasteiger partial charge in [0, 0.05) is 28.4 Å². The molecule has 2 aromatic rings. The zero-order valence-corrected chi connectivity index (χ0v) is 14.5. The number of halogens is 1. The first-order valence-electron chi connectivity index (χ1n) is 8.19. The van der Waals surface area contributed by atoms with E-state index in [1.54, 1.807) is 0 Å². The summed E-state index contributed by atoms with van der Waals surface area (Å²) < 4.78 is 0. The van der Waals surface area contributed by atoms with E-state index in [2.05, 4.69) is 22.5 Å². The van der Waals surface area contributed by atoms with E-state index in [1.807, 2.05) is 31.2 Å². The van der Waals surface area contributed by atoms with Crippen LogP contribution in [0, 0.1) is 19.8 Å². The largest absolute Gasteiger partial charge is 0.369 e. The number of nitrogens with zero attached hydrogens (tertiary/aromatic N) is 2. The Hall–Kier alpha value is -1.65. The topological polar surface area (TPSA) is 49.8 Å². The minimum atomic E-state index is 0.702. The molecule has 0 bridgehead atoms. The van der Waals surface area contributed by atoms with Crippen molar-refractivity contribution in [2.75, 3.05) is 25.0 Å². The Labute approximate surface area is 142 Å². The molecule has 1 saturated heterocycles. The summed E-state index contributed by atoms with van der Waals surface area (Å²) in [6, 6.07) is 7.69. The monoisotopic (exact) mass is 330 g/mol. The van der Waals surface area contributed by atoms with E-state index in [9.17, 15) is 0 Å². The second-order valence-corrected chi connectivity index (χ2v) is 6.63. The lowest BCUT2D eigenvalue weighted by Gasteiger charge is -2.23. The molecule has 23 heavy (non-hydrogen) atoms. The quantitative estimate of drug-likeness (QED) is 0.894. The number of piperidine rings is 1. The van der Waals surface area contributed by atoms with Crippen molar-refractivity contribution in [3.63, 3.8) is 0 Å². The van der Waals surface area contributed by atoms with Crippen LogP contribution in [0.1, 0.15) is 24.1 Å². The van der Waals surface area contributed by atoms with Gasteiger partial charge in [0.1, 0.15) is 5.82 Å². The number of aryl methyl sites for hydroxylation is 1. The summed E-state index contributed by atoms with van der Waals surface area (Å²) in [6.45, 7) is 7.29. The van der Waals surface area contributed by atoms with Gasteiger partial charge in [0.15, 0.2) is 5.82 Å². The van der Waals surface area contributed by atoms with Crippen LogP contribution in [0.3, 0.4) is 0 Å². The first-order chi connectivity index (χ1) is 11.1. The lowest BCUT2D eigenvalue weighted by atomic mass is 9.98. The molecular weight excluding hydrogens is 308 g/mol. The second kappa shape index (κ2) is 7.28. The summed E-state index contributed by atoms with van der Waals surface area (Å²) in [4.78, 5) is 9.35. The highest BCUT2D eigenvalue weighted by Crippen LogP contribution is 2.24. The van der Waals surface area contributed by atoms with Gasteiger partial charge in [-0.25, -0.2) is 9.97 Å². The molecule has 1 fully saturated rings. The van der Waals surface area contributed by atoms with Gasteiger partial charge in [0.05, 0.1) is 0 Å². The number of aromatic nitrogens is 2. The predicted octanol–water partition coefficient (Wildman–Crippen LogP) is 3.83. The van der Waals surface area contributed by atoms with Gasteiger partial charge >= 0.3 is 0 Å². The van der Waals surface area contributed by atoms with Crippen molar-refractivity contribution in [3.05, 3.63) is 40.5 Å².